The molecule has 3 N–H and O–H groups in total. The molecule has 0 bridgehead atoms. The van der Waals surface area contributed by atoms with Gasteiger partial charge in [0.15, 0.2) is 6.29 Å². The van der Waals surface area contributed by atoms with Crippen molar-refractivity contribution in [2.75, 3.05) is 13.7 Å². The molecule has 0 spiro atoms. The lowest BCUT2D eigenvalue weighted by molar-refractivity contribution is -0.276. The van der Waals surface area contributed by atoms with Crippen molar-refractivity contribution < 1.29 is 28.9 Å². The fraction of sp³-hybridized carbons (Fsp3) is 0.255. The standard InChI is InChI=1S/C51H53N3O6/c1-36-47(34-54(32-38-16-8-4-9-17-38)33-39-18-10-5-11-19-39)59-50(60-48(36)42-26-24-40(35-55)25-27-42)45-23-13-22-44(30-45)43-21-12-20-41(28-43)31-52-51(57)53-46(49(56)58-2)29-37-14-6-3-7-15-37/h3-28,30,36,46-48,50,55H,29,31-35H2,1-2H3,(H2,52,53,57)/t36-,46+,47+,48+,50+/m1/s1. The van der Waals surface area contributed by atoms with Crippen LogP contribution < -0.4 is 10.6 Å². The fourth-order valence-electron chi connectivity index (χ4n) is 7.75. The number of methoxy groups -OCH3 is 1. The molecule has 7 rings (SSSR count). The summed E-state index contributed by atoms with van der Waals surface area (Å²) in [7, 11) is 1.31. The molecule has 6 aromatic carbocycles. The fourth-order valence-corrected chi connectivity index (χ4v) is 7.75. The number of hydrogen-bond acceptors (Lipinski definition) is 7. The van der Waals surface area contributed by atoms with Crippen LogP contribution in [-0.2, 0) is 51.7 Å². The van der Waals surface area contributed by atoms with E-state index in [0.717, 1.165) is 52.0 Å². The minimum atomic E-state index is -0.825. The number of aliphatic hydroxyl groups excluding tert-OH is 1. The molecule has 6 aromatic rings. The van der Waals surface area contributed by atoms with Crippen LogP contribution in [-0.4, -0.2) is 47.8 Å². The minimum Gasteiger partial charge on any atom is -0.467 e. The second-order valence-electron chi connectivity index (χ2n) is 15.4. The number of urea groups is 1. The molecular formula is C51H53N3O6. The highest BCUT2D eigenvalue weighted by molar-refractivity contribution is 5.83. The maximum atomic E-state index is 13.0. The van der Waals surface area contributed by atoms with Crippen LogP contribution in [0.4, 0.5) is 4.79 Å². The predicted molar refractivity (Wildman–Crippen MR) is 233 cm³/mol. The van der Waals surface area contributed by atoms with Crippen molar-refractivity contribution >= 4 is 12.0 Å². The normalized spacial score (nSPS) is 18.1. The number of aliphatic hydroxyl groups is 1. The van der Waals surface area contributed by atoms with Crippen molar-refractivity contribution in [3.05, 3.63) is 203 Å². The first kappa shape index (κ1) is 42.0. The molecule has 308 valence electrons. The van der Waals surface area contributed by atoms with E-state index in [1.54, 1.807) is 0 Å². The largest absolute Gasteiger partial charge is 0.467 e. The maximum Gasteiger partial charge on any atom is 0.328 e. The summed E-state index contributed by atoms with van der Waals surface area (Å²) in [5.41, 5.74) is 9.02. The first-order valence-electron chi connectivity index (χ1n) is 20.5. The number of hydrogen-bond donors (Lipinski definition) is 3. The van der Waals surface area contributed by atoms with Gasteiger partial charge in [0.25, 0.3) is 0 Å². The van der Waals surface area contributed by atoms with Crippen molar-refractivity contribution in [2.45, 2.75) is 64.1 Å². The molecule has 9 heteroatoms. The van der Waals surface area contributed by atoms with Crippen molar-refractivity contribution in [3.63, 3.8) is 0 Å². The molecule has 1 aliphatic rings. The lowest BCUT2D eigenvalue weighted by Gasteiger charge is -2.43. The number of rotatable bonds is 16. The Morgan fingerprint density at radius 2 is 1.25 bits per heavy atom. The number of benzene rings is 6. The number of esters is 1. The van der Waals surface area contributed by atoms with Gasteiger partial charge in [-0.3, -0.25) is 4.90 Å². The van der Waals surface area contributed by atoms with E-state index in [0.29, 0.717) is 13.0 Å². The van der Waals surface area contributed by atoms with Gasteiger partial charge < -0.3 is 30.0 Å². The molecule has 5 atom stereocenters. The van der Waals surface area contributed by atoms with E-state index >= 15 is 0 Å². The Bertz CT molecular complexity index is 2230. The van der Waals surface area contributed by atoms with Crippen molar-refractivity contribution in [1.29, 1.82) is 0 Å². The van der Waals surface area contributed by atoms with E-state index in [1.165, 1.54) is 18.2 Å². The van der Waals surface area contributed by atoms with Gasteiger partial charge in [0.2, 0.25) is 0 Å². The van der Waals surface area contributed by atoms with Crippen molar-refractivity contribution in [1.82, 2.24) is 15.5 Å². The summed E-state index contributed by atoms with van der Waals surface area (Å²) in [6, 6.07) is 53.5. The maximum absolute atomic E-state index is 13.0. The molecular weight excluding hydrogens is 751 g/mol. The van der Waals surface area contributed by atoms with Gasteiger partial charge in [-0.15, -0.1) is 0 Å². The zero-order chi connectivity index (χ0) is 41.7. The highest BCUT2D eigenvalue weighted by atomic mass is 16.7. The Kier molecular flexibility index (Phi) is 14.5. The molecule has 1 aliphatic heterocycles. The Labute approximate surface area is 353 Å². The first-order chi connectivity index (χ1) is 29.3. The van der Waals surface area contributed by atoms with Gasteiger partial charge in [-0.05, 0) is 56.6 Å². The van der Waals surface area contributed by atoms with Gasteiger partial charge in [0, 0.05) is 44.1 Å². The van der Waals surface area contributed by atoms with Crippen LogP contribution in [0.5, 0.6) is 0 Å². The number of nitrogens with zero attached hydrogens (tertiary/aromatic N) is 1. The number of nitrogens with one attached hydrogen (secondary N) is 2. The Morgan fingerprint density at radius 1 is 0.667 bits per heavy atom. The third kappa shape index (κ3) is 11.3. The summed E-state index contributed by atoms with van der Waals surface area (Å²) in [6.07, 6.45) is -0.755. The summed E-state index contributed by atoms with van der Waals surface area (Å²) in [5.74, 6) is -0.494. The smallest absolute Gasteiger partial charge is 0.328 e. The molecule has 0 unspecified atom stereocenters. The number of carbonyl (C=O) groups is 2. The highest BCUT2D eigenvalue weighted by Gasteiger charge is 2.39. The average Bonchev–Trinajstić information content (AvgIpc) is 3.29. The molecule has 1 fully saturated rings. The third-order valence-corrected chi connectivity index (χ3v) is 11.0. The minimum absolute atomic E-state index is 0.0149. The SMILES string of the molecule is COC(=O)[C@H](Cc1ccccc1)NC(=O)NCc1cccc(-c2cccc([C@H]3O[C@@H](CN(Cc4ccccc4)Cc4ccccc4)[C@@H](C)[C@@H](c4ccc(CO)cc4)O3)c2)c1. The van der Waals surface area contributed by atoms with E-state index in [-0.39, 0.29) is 31.3 Å². The van der Waals surface area contributed by atoms with Gasteiger partial charge in [0.1, 0.15) is 6.04 Å². The molecule has 0 aromatic heterocycles. The summed E-state index contributed by atoms with van der Waals surface area (Å²) >= 11 is 0. The molecule has 1 heterocycles. The van der Waals surface area contributed by atoms with E-state index in [9.17, 15) is 14.7 Å². The van der Waals surface area contributed by atoms with Gasteiger partial charge >= 0.3 is 12.0 Å². The molecule has 1 saturated heterocycles. The molecule has 2 amide bonds. The van der Waals surface area contributed by atoms with E-state index in [4.69, 9.17) is 14.2 Å². The molecule has 0 radical (unpaired) electrons. The van der Waals surface area contributed by atoms with Crippen LogP contribution in [0.25, 0.3) is 11.1 Å². The second kappa shape index (κ2) is 20.7. The van der Waals surface area contributed by atoms with Gasteiger partial charge in [-0.25, -0.2) is 9.59 Å². The quantitative estimate of drug-likeness (QED) is 0.0839. The zero-order valence-electron chi connectivity index (χ0n) is 34.2. The average molecular weight is 804 g/mol. The third-order valence-electron chi connectivity index (χ3n) is 11.0. The number of ether oxygens (including phenoxy) is 3. The molecule has 60 heavy (non-hydrogen) atoms. The summed E-state index contributed by atoms with van der Waals surface area (Å²) in [6.45, 7) is 4.66. The van der Waals surface area contributed by atoms with Gasteiger partial charge in [-0.2, -0.15) is 0 Å². The van der Waals surface area contributed by atoms with Gasteiger partial charge in [0.05, 0.1) is 25.9 Å². The topological polar surface area (TPSA) is 109 Å². The summed E-state index contributed by atoms with van der Waals surface area (Å²) in [4.78, 5) is 28.0. The molecule has 0 aliphatic carbocycles. The van der Waals surface area contributed by atoms with Crippen LogP contribution in [0, 0.1) is 5.92 Å². The van der Waals surface area contributed by atoms with Crippen LogP contribution >= 0.6 is 0 Å². The predicted octanol–water partition coefficient (Wildman–Crippen LogP) is 8.92. The van der Waals surface area contributed by atoms with E-state index < -0.39 is 24.3 Å². The first-order valence-corrected chi connectivity index (χ1v) is 20.5. The summed E-state index contributed by atoms with van der Waals surface area (Å²) < 4.78 is 18.8. The van der Waals surface area contributed by atoms with E-state index in [1.807, 2.05) is 103 Å². The monoisotopic (exact) mass is 803 g/mol. The lowest BCUT2D eigenvalue weighted by Crippen LogP contribution is -2.47. The van der Waals surface area contributed by atoms with Crippen LogP contribution in [0.3, 0.4) is 0 Å². The Morgan fingerprint density at radius 3 is 1.87 bits per heavy atom. The second-order valence-corrected chi connectivity index (χ2v) is 15.4. The number of amides is 2. The van der Waals surface area contributed by atoms with Crippen LogP contribution in [0.2, 0.25) is 0 Å². The van der Waals surface area contributed by atoms with Crippen LogP contribution in [0.15, 0.2) is 164 Å². The lowest BCUT2D eigenvalue weighted by atomic mass is 9.89. The van der Waals surface area contributed by atoms with Crippen LogP contribution in [0.1, 0.15) is 58.3 Å². The van der Waals surface area contributed by atoms with E-state index in [2.05, 4.69) is 83.1 Å². The summed E-state index contributed by atoms with van der Waals surface area (Å²) in [5, 5.41) is 15.4. The molecule has 9 nitrogen and oxygen atoms in total. The van der Waals surface area contributed by atoms with Crippen molar-refractivity contribution in [3.8, 4) is 11.1 Å². The Balaban J connectivity index is 1.09. The zero-order valence-corrected chi connectivity index (χ0v) is 34.2. The highest BCUT2D eigenvalue weighted by Crippen LogP contribution is 2.42. The van der Waals surface area contributed by atoms with Crippen molar-refractivity contribution in [2.24, 2.45) is 5.92 Å². The van der Waals surface area contributed by atoms with Gasteiger partial charge in [-0.1, -0.05) is 159 Å². The number of carbonyl (C=O) groups excluding carboxylic acids is 2. The Hall–Kier alpha value is -6.10. The molecule has 0 saturated carbocycles.